The molecule has 1 saturated heterocycles. The average Bonchev–Trinajstić information content (AvgIpc) is 1.80. The van der Waals surface area contributed by atoms with Crippen molar-refractivity contribution in [1.82, 2.24) is 8.61 Å². The van der Waals surface area contributed by atoms with E-state index in [0.29, 0.717) is 0 Å². The Morgan fingerprint density at radius 2 is 1.91 bits per heavy atom. The summed E-state index contributed by atoms with van der Waals surface area (Å²) < 4.78 is 24.8. The molecule has 0 aromatic heterocycles. The Balaban J connectivity index is 2.62. The Morgan fingerprint density at radius 1 is 1.45 bits per heavy atom. The molecule has 0 aliphatic carbocycles. The first-order valence-corrected chi connectivity index (χ1v) is 4.70. The fourth-order valence-corrected chi connectivity index (χ4v) is 2.02. The van der Waals surface area contributed by atoms with E-state index in [0.717, 1.165) is 4.31 Å². The SMILES string of the molecule is CN(C)S(=O)(=O)N1CC(O)C1. The van der Waals surface area contributed by atoms with Gasteiger partial charge in [0, 0.05) is 27.2 Å². The number of rotatable bonds is 2. The van der Waals surface area contributed by atoms with Gasteiger partial charge in [-0.2, -0.15) is 17.0 Å². The van der Waals surface area contributed by atoms with Crippen LogP contribution in [0.15, 0.2) is 0 Å². The van der Waals surface area contributed by atoms with Crippen LogP contribution < -0.4 is 0 Å². The van der Waals surface area contributed by atoms with Gasteiger partial charge >= 0.3 is 0 Å². The molecule has 1 aliphatic rings. The second-order valence-electron chi connectivity index (χ2n) is 2.76. The van der Waals surface area contributed by atoms with Gasteiger partial charge in [-0.05, 0) is 0 Å². The summed E-state index contributed by atoms with van der Waals surface area (Å²) in [5, 5.41) is 8.84. The second kappa shape index (κ2) is 2.71. The van der Waals surface area contributed by atoms with Crippen molar-refractivity contribution in [3.05, 3.63) is 0 Å². The summed E-state index contributed by atoms with van der Waals surface area (Å²) in [6, 6.07) is 0. The first-order valence-electron chi connectivity index (χ1n) is 3.30. The molecule has 0 radical (unpaired) electrons. The summed E-state index contributed by atoms with van der Waals surface area (Å²) in [7, 11) is -0.322. The predicted molar refractivity (Wildman–Crippen MR) is 40.2 cm³/mol. The summed E-state index contributed by atoms with van der Waals surface area (Å²) in [4.78, 5) is 0. The lowest BCUT2D eigenvalue weighted by Gasteiger charge is -2.36. The maximum atomic E-state index is 11.2. The van der Waals surface area contributed by atoms with Gasteiger partial charge in [0.1, 0.15) is 0 Å². The van der Waals surface area contributed by atoms with E-state index in [9.17, 15) is 8.42 Å². The first-order chi connectivity index (χ1) is 4.94. The van der Waals surface area contributed by atoms with E-state index >= 15 is 0 Å². The van der Waals surface area contributed by atoms with E-state index in [2.05, 4.69) is 0 Å². The van der Waals surface area contributed by atoms with Crippen LogP contribution in [0.3, 0.4) is 0 Å². The third kappa shape index (κ3) is 1.53. The van der Waals surface area contributed by atoms with E-state index < -0.39 is 16.3 Å². The molecule has 0 aromatic rings. The minimum absolute atomic E-state index is 0.223. The highest BCUT2D eigenvalue weighted by molar-refractivity contribution is 7.86. The zero-order valence-electron chi connectivity index (χ0n) is 6.56. The maximum absolute atomic E-state index is 11.2. The third-order valence-corrected chi connectivity index (χ3v) is 3.49. The molecule has 1 N–H and O–H groups in total. The van der Waals surface area contributed by atoms with Crippen LogP contribution in [0.4, 0.5) is 0 Å². The lowest BCUT2D eigenvalue weighted by molar-refractivity contribution is 0.0517. The monoisotopic (exact) mass is 180 g/mol. The molecule has 0 unspecified atom stereocenters. The van der Waals surface area contributed by atoms with Crippen molar-refractivity contribution in [2.75, 3.05) is 27.2 Å². The van der Waals surface area contributed by atoms with Crippen LogP contribution in [0.5, 0.6) is 0 Å². The number of nitrogens with zero attached hydrogens (tertiary/aromatic N) is 2. The van der Waals surface area contributed by atoms with Crippen molar-refractivity contribution in [2.24, 2.45) is 0 Å². The van der Waals surface area contributed by atoms with E-state index in [-0.39, 0.29) is 13.1 Å². The van der Waals surface area contributed by atoms with Gasteiger partial charge in [-0.1, -0.05) is 0 Å². The molecule has 1 fully saturated rings. The molecule has 0 bridgehead atoms. The molecule has 1 rings (SSSR count). The number of β-amino-alcohol motifs (C(OH)–C–C–N with tert-alkyl or cyclic N) is 1. The highest BCUT2D eigenvalue weighted by Gasteiger charge is 2.35. The average molecular weight is 180 g/mol. The zero-order chi connectivity index (χ0) is 8.65. The molecule has 11 heavy (non-hydrogen) atoms. The highest BCUT2D eigenvalue weighted by atomic mass is 32.2. The van der Waals surface area contributed by atoms with E-state index in [1.54, 1.807) is 0 Å². The minimum atomic E-state index is -3.27. The summed E-state index contributed by atoms with van der Waals surface area (Å²) in [5.41, 5.74) is 0. The number of aliphatic hydroxyl groups excluding tert-OH is 1. The fraction of sp³-hybridized carbons (Fsp3) is 1.00. The Morgan fingerprint density at radius 3 is 2.18 bits per heavy atom. The van der Waals surface area contributed by atoms with Crippen LogP contribution in [0.25, 0.3) is 0 Å². The van der Waals surface area contributed by atoms with Gasteiger partial charge in [-0.3, -0.25) is 0 Å². The van der Waals surface area contributed by atoms with E-state index in [1.807, 2.05) is 0 Å². The largest absolute Gasteiger partial charge is 0.390 e. The maximum Gasteiger partial charge on any atom is 0.281 e. The molecule has 0 saturated carbocycles. The van der Waals surface area contributed by atoms with Gasteiger partial charge in [-0.15, -0.1) is 0 Å². The molecular weight excluding hydrogens is 168 g/mol. The van der Waals surface area contributed by atoms with E-state index in [1.165, 1.54) is 18.4 Å². The molecule has 66 valence electrons. The lowest BCUT2D eigenvalue weighted by atomic mass is 10.2. The van der Waals surface area contributed by atoms with Crippen molar-refractivity contribution in [3.8, 4) is 0 Å². The number of hydrogen-bond donors (Lipinski definition) is 1. The molecule has 0 atom stereocenters. The van der Waals surface area contributed by atoms with Gasteiger partial charge in [0.05, 0.1) is 6.10 Å². The Bertz CT molecular complexity index is 230. The van der Waals surface area contributed by atoms with Crippen molar-refractivity contribution < 1.29 is 13.5 Å². The van der Waals surface area contributed by atoms with E-state index in [4.69, 9.17) is 5.11 Å². The van der Waals surface area contributed by atoms with Gasteiger partial charge in [0.2, 0.25) is 0 Å². The molecule has 0 spiro atoms. The standard InChI is InChI=1S/C5H12N2O3S/c1-6(2)11(9,10)7-3-5(8)4-7/h5,8H,3-4H2,1-2H3. The number of hydrogen-bond acceptors (Lipinski definition) is 3. The smallest absolute Gasteiger partial charge is 0.281 e. The highest BCUT2D eigenvalue weighted by Crippen LogP contribution is 2.14. The summed E-state index contributed by atoms with van der Waals surface area (Å²) in [6.07, 6.45) is -0.482. The Labute approximate surface area is 66.4 Å². The molecule has 0 aromatic carbocycles. The van der Waals surface area contributed by atoms with Crippen LogP contribution in [-0.2, 0) is 10.2 Å². The topological polar surface area (TPSA) is 60.9 Å². The van der Waals surface area contributed by atoms with Crippen molar-refractivity contribution in [2.45, 2.75) is 6.10 Å². The quantitative estimate of drug-likeness (QED) is 0.561. The molecule has 6 heteroatoms. The Hall–Kier alpha value is -0.170. The van der Waals surface area contributed by atoms with Crippen LogP contribution in [0.2, 0.25) is 0 Å². The lowest BCUT2D eigenvalue weighted by Crippen LogP contribution is -2.56. The molecule has 1 heterocycles. The van der Waals surface area contributed by atoms with Crippen molar-refractivity contribution in [3.63, 3.8) is 0 Å². The number of aliphatic hydroxyl groups is 1. The van der Waals surface area contributed by atoms with Crippen LogP contribution in [-0.4, -0.2) is 55.4 Å². The second-order valence-corrected chi connectivity index (χ2v) is 4.90. The summed E-state index contributed by atoms with van der Waals surface area (Å²) in [6.45, 7) is 0.445. The summed E-state index contributed by atoms with van der Waals surface area (Å²) >= 11 is 0. The minimum Gasteiger partial charge on any atom is -0.390 e. The van der Waals surface area contributed by atoms with Gasteiger partial charge < -0.3 is 5.11 Å². The van der Waals surface area contributed by atoms with Gasteiger partial charge in [0.15, 0.2) is 0 Å². The predicted octanol–water partition coefficient (Wildman–Crippen LogP) is -1.53. The van der Waals surface area contributed by atoms with Gasteiger partial charge in [0.25, 0.3) is 10.2 Å². The molecular formula is C5H12N2O3S. The fourth-order valence-electron chi connectivity index (χ4n) is 0.836. The van der Waals surface area contributed by atoms with Crippen LogP contribution in [0.1, 0.15) is 0 Å². The van der Waals surface area contributed by atoms with Gasteiger partial charge in [-0.25, -0.2) is 0 Å². The first kappa shape index (κ1) is 8.92. The zero-order valence-corrected chi connectivity index (χ0v) is 7.37. The van der Waals surface area contributed by atoms with Crippen molar-refractivity contribution in [1.29, 1.82) is 0 Å². The normalized spacial score (nSPS) is 22.2. The molecule has 5 nitrogen and oxygen atoms in total. The summed E-state index contributed by atoms with van der Waals surface area (Å²) in [5.74, 6) is 0. The Kier molecular flexibility index (Phi) is 2.19. The van der Waals surface area contributed by atoms with Crippen LogP contribution in [0, 0.1) is 0 Å². The molecule has 0 amide bonds. The van der Waals surface area contributed by atoms with Crippen LogP contribution >= 0.6 is 0 Å². The third-order valence-electron chi connectivity index (χ3n) is 1.62. The molecule has 1 aliphatic heterocycles. The van der Waals surface area contributed by atoms with Crippen molar-refractivity contribution >= 4 is 10.2 Å².